The zero-order valence-electron chi connectivity index (χ0n) is 18.8. The summed E-state index contributed by atoms with van der Waals surface area (Å²) < 4.78 is 19.4. The summed E-state index contributed by atoms with van der Waals surface area (Å²) >= 11 is 0. The maximum absolute atomic E-state index is 13.6. The van der Waals surface area contributed by atoms with Crippen LogP contribution in [0.5, 0.6) is 5.75 Å². The van der Waals surface area contributed by atoms with Gasteiger partial charge in [0.15, 0.2) is 0 Å². The maximum Gasteiger partial charge on any atom is 0.140 e. The number of aliphatic imine (C=N–C) groups is 1. The minimum absolute atomic E-state index is 0.00962. The second-order valence-electron chi connectivity index (χ2n) is 8.26. The molecule has 2 aromatic rings. The summed E-state index contributed by atoms with van der Waals surface area (Å²) in [5.74, 6) is 1.35. The first-order valence-electron chi connectivity index (χ1n) is 10.9. The van der Waals surface area contributed by atoms with Crippen LogP contribution in [0.1, 0.15) is 30.5 Å². The van der Waals surface area contributed by atoms with Crippen LogP contribution in [-0.4, -0.2) is 49.2 Å². The Labute approximate surface area is 189 Å². The second kappa shape index (κ2) is 9.87. The van der Waals surface area contributed by atoms with E-state index in [4.69, 9.17) is 9.73 Å². The average molecular weight is 436 g/mol. The molecule has 0 amide bonds. The fraction of sp³-hybridized carbons (Fsp3) is 0.320. The van der Waals surface area contributed by atoms with E-state index in [0.29, 0.717) is 6.61 Å². The first kappa shape index (κ1) is 21.9. The minimum atomic E-state index is -0.249. The third-order valence-corrected chi connectivity index (χ3v) is 5.43. The molecule has 32 heavy (non-hydrogen) atoms. The summed E-state index contributed by atoms with van der Waals surface area (Å²) in [6.07, 6.45) is 7.00. The van der Waals surface area contributed by atoms with Crippen molar-refractivity contribution >= 4 is 11.5 Å². The Bertz CT molecular complexity index is 1020. The number of amidine groups is 1. The van der Waals surface area contributed by atoms with Crippen molar-refractivity contribution in [3.8, 4) is 5.75 Å². The van der Waals surface area contributed by atoms with Crippen LogP contribution in [0.25, 0.3) is 5.70 Å². The van der Waals surface area contributed by atoms with Gasteiger partial charge in [0.25, 0.3) is 0 Å². The molecule has 0 fully saturated rings. The highest BCUT2D eigenvalue weighted by atomic mass is 19.1. The average Bonchev–Trinajstić information content (AvgIpc) is 3.20. The predicted octanol–water partition coefficient (Wildman–Crippen LogP) is 3.92. The molecule has 0 bridgehead atoms. The number of hydrazine groups is 1. The Kier molecular flexibility index (Phi) is 6.75. The summed E-state index contributed by atoms with van der Waals surface area (Å²) in [7, 11) is 4.13. The van der Waals surface area contributed by atoms with E-state index < -0.39 is 0 Å². The topological polar surface area (TPSA) is 52.1 Å². The van der Waals surface area contributed by atoms with Gasteiger partial charge in [0.1, 0.15) is 23.6 Å². The van der Waals surface area contributed by atoms with Gasteiger partial charge in [0.2, 0.25) is 0 Å². The third kappa shape index (κ3) is 5.29. The number of ether oxygens (including phenoxy) is 1. The molecule has 2 aliphatic rings. The Morgan fingerprint density at radius 1 is 1.19 bits per heavy atom. The zero-order chi connectivity index (χ0) is 22.5. The van der Waals surface area contributed by atoms with E-state index in [1.807, 2.05) is 42.4 Å². The number of fused-ring (bicyclic) bond motifs is 1. The van der Waals surface area contributed by atoms with E-state index >= 15 is 0 Å². The van der Waals surface area contributed by atoms with E-state index in [1.165, 1.54) is 12.1 Å². The normalized spacial score (nSPS) is 19.4. The SMILES string of the molecule is C[C@@H](N=C1C=CC2NC=C(c3ccc(OCCCN(C)C)cc3)N2N1)c1cccc(F)c1. The first-order chi connectivity index (χ1) is 15.5. The van der Waals surface area contributed by atoms with Gasteiger partial charge in [-0.05, 0) is 81.6 Å². The number of benzene rings is 2. The van der Waals surface area contributed by atoms with Crippen molar-refractivity contribution in [2.75, 3.05) is 27.2 Å². The van der Waals surface area contributed by atoms with Gasteiger partial charge in [-0.2, -0.15) is 0 Å². The van der Waals surface area contributed by atoms with Crippen molar-refractivity contribution in [1.82, 2.24) is 20.7 Å². The molecular formula is C25H30FN5O. The highest BCUT2D eigenvalue weighted by Gasteiger charge is 2.28. The van der Waals surface area contributed by atoms with Crippen LogP contribution in [-0.2, 0) is 0 Å². The lowest BCUT2D eigenvalue weighted by Gasteiger charge is -2.32. The molecule has 2 aliphatic heterocycles. The van der Waals surface area contributed by atoms with E-state index in [9.17, 15) is 4.39 Å². The van der Waals surface area contributed by atoms with Crippen molar-refractivity contribution < 1.29 is 9.13 Å². The molecule has 4 rings (SSSR count). The Morgan fingerprint density at radius 3 is 2.75 bits per heavy atom. The van der Waals surface area contributed by atoms with Gasteiger partial charge in [-0.15, -0.1) is 0 Å². The predicted molar refractivity (Wildman–Crippen MR) is 126 cm³/mol. The van der Waals surface area contributed by atoms with Crippen LogP contribution in [0.4, 0.5) is 4.39 Å². The van der Waals surface area contributed by atoms with E-state index in [2.05, 4.69) is 47.9 Å². The van der Waals surface area contributed by atoms with E-state index in [0.717, 1.165) is 41.4 Å². The zero-order valence-corrected chi connectivity index (χ0v) is 18.8. The van der Waals surface area contributed by atoms with Gasteiger partial charge in [0, 0.05) is 18.3 Å². The van der Waals surface area contributed by atoms with Crippen LogP contribution in [0.2, 0.25) is 0 Å². The summed E-state index contributed by atoms with van der Waals surface area (Å²) in [5.41, 5.74) is 6.31. The molecule has 6 nitrogen and oxygen atoms in total. The van der Waals surface area contributed by atoms with Gasteiger partial charge in [-0.1, -0.05) is 12.1 Å². The third-order valence-electron chi connectivity index (χ3n) is 5.43. The monoisotopic (exact) mass is 435 g/mol. The lowest BCUT2D eigenvalue weighted by atomic mass is 10.1. The first-order valence-corrected chi connectivity index (χ1v) is 10.9. The van der Waals surface area contributed by atoms with Crippen LogP contribution >= 0.6 is 0 Å². The van der Waals surface area contributed by atoms with Crippen molar-refractivity contribution in [3.63, 3.8) is 0 Å². The van der Waals surface area contributed by atoms with Crippen LogP contribution < -0.4 is 15.5 Å². The summed E-state index contributed by atoms with van der Waals surface area (Å²) in [4.78, 5) is 6.89. The number of nitrogens with one attached hydrogen (secondary N) is 2. The summed E-state index contributed by atoms with van der Waals surface area (Å²) in [6, 6.07) is 14.5. The Hall–Kier alpha value is -3.32. The van der Waals surface area contributed by atoms with E-state index in [-0.39, 0.29) is 18.0 Å². The molecule has 1 unspecified atom stereocenters. The smallest absolute Gasteiger partial charge is 0.140 e. The number of hydrogen-bond donors (Lipinski definition) is 2. The van der Waals surface area contributed by atoms with Gasteiger partial charge in [0.05, 0.1) is 18.3 Å². The van der Waals surface area contributed by atoms with Crippen molar-refractivity contribution in [3.05, 3.63) is 83.8 Å². The molecule has 0 aliphatic carbocycles. The molecule has 0 saturated carbocycles. The summed E-state index contributed by atoms with van der Waals surface area (Å²) in [6.45, 7) is 3.67. The number of nitrogens with zero attached hydrogens (tertiary/aromatic N) is 3. The van der Waals surface area contributed by atoms with E-state index in [1.54, 1.807) is 6.07 Å². The molecule has 0 spiro atoms. The largest absolute Gasteiger partial charge is 0.494 e. The highest BCUT2D eigenvalue weighted by molar-refractivity contribution is 5.94. The fourth-order valence-electron chi connectivity index (χ4n) is 3.71. The maximum atomic E-state index is 13.6. The number of rotatable bonds is 8. The number of hydrogen-bond acceptors (Lipinski definition) is 5. The fourth-order valence-corrected chi connectivity index (χ4v) is 3.71. The van der Waals surface area contributed by atoms with Gasteiger partial charge in [-0.3, -0.25) is 15.4 Å². The molecule has 2 aromatic carbocycles. The molecule has 2 heterocycles. The Balaban J connectivity index is 1.40. The molecule has 0 radical (unpaired) electrons. The quantitative estimate of drug-likeness (QED) is 0.616. The second-order valence-corrected chi connectivity index (χ2v) is 8.26. The van der Waals surface area contributed by atoms with Crippen molar-refractivity contribution in [1.29, 1.82) is 0 Å². The van der Waals surface area contributed by atoms with Gasteiger partial charge >= 0.3 is 0 Å². The minimum Gasteiger partial charge on any atom is -0.494 e. The van der Waals surface area contributed by atoms with Crippen LogP contribution in [0.3, 0.4) is 0 Å². The Morgan fingerprint density at radius 2 is 2.00 bits per heavy atom. The lowest BCUT2D eigenvalue weighted by molar-refractivity contribution is 0.281. The summed E-state index contributed by atoms with van der Waals surface area (Å²) in [5, 5.41) is 5.41. The molecule has 7 heteroatoms. The molecule has 0 saturated heterocycles. The van der Waals surface area contributed by atoms with Crippen LogP contribution in [0, 0.1) is 5.82 Å². The highest BCUT2D eigenvalue weighted by Crippen LogP contribution is 2.27. The van der Waals surface area contributed by atoms with Crippen molar-refractivity contribution in [2.45, 2.75) is 25.6 Å². The molecule has 0 aromatic heterocycles. The molecular weight excluding hydrogens is 405 g/mol. The molecule has 2 N–H and O–H groups in total. The number of halogens is 1. The van der Waals surface area contributed by atoms with Gasteiger partial charge < -0.3 is 15.0 Å². The van der Waals surface area contributed by atoms with Crippen molar-refractivity contribution in [2.24, 2.45) is 4.99 Å². The standard InChI is InChI=1S/C25H30FN5O/c1-18(20-6-4-7-21(26)16-20)28-24-12-13-25-27-17-23(31(25)29-24)19-8-10-22(11-9-19)32-15-5-14-30(2)3/h4,6-13,16-18,25,27H,5,14-15H2,1-3H3,(H,28,29)/t18-,25?/m1/s1. The van der Waals surface area contributed by atoms with Crippen LogP contribution in [0.15, 0.2) is 71.9 Å². The molecule has 2 atom stereocenters. The van der Waals surface area contributed by atoms with Gasteiger partial charge in [-0.25, -0.2) is 4.39 Å². The lowest BCUT2D eigenvalue weighted by Crippen LogP contribution is -2.49. The molecule has 168 valence electrons.